The lowest BCUT2D eigenvalue weighted by atomic mass is 9.86. The molecule has 0 aromatic rings. The molecule has 4 heterocycles. The maximum absolute atomic E-state index is 2.87. The Labute approximate surface area is 161 Å². The predicted molar refractivity (Wildman–Crippen MR) is 110 cm³/mol. The number of likely N-dealkylation sites (tertiary alicyclic amines) is 2. The Morgan fingerprint density at radius 1 is 0.808 bits per heavy atom. The lowest BCUT2D eigenvalue weighted by Gasteiger charge is -2.48. The third-order valence-corrected chi connectivity index (χ3v) is 8.30. The van der Waals surface area contributed by atoms with Gasteiger partial charge in [-0.3, -0.25) is 14.7 Å². The lowest BCUT2D eigenvalue weighted by molar-refractivity contribution is 0.0131. The molecule has 4 fully saturated rings. The Kier molecular flexibility index (Phi) is 5.18. The molecule has 0 amide bonds. The SMILES string of the molecule is CN1CC2CCN(C(C)(C)CCC(C)(C)N3CCN4CCC[C@H]4C3)C2C1. The summed E-state index contributed by atoms with van der Waals surface area (Å²) in [6.45, 7) is 19.1. The van der Waals surface area contributed by atoms with E-state index in [4.69, 9.17) is 0 Å². The van der Waals surface area contributed by atoms with E-state index in [0.29, 0.717) is 11.1 Å². The summed E-state index contributed by atoms with van der Waals surface area (Å²) in [7, 11) is 2.30. The van der Waals surface area contributed by atoms with Crippen LogP contribution < -0.4 is 0 Å². The first-order chi connectivity index (χ1) is 12.3. The van der Waals surface area contributed by atoms with E-state index in [-0.39, 0.29) is 0 Å². The number of piperazine rings is 1. The van der Waals surface area contributed by atoms with Crippen LogP contribution in [0.15, 0.2) is 0 Å². The van der Waals surface area contributed by atoms with Crippen LogP contribution in [-0.2, 0) is 0 Å². The van der Waals surface area contributed by atoms with Crippen molar-refractivity contribution in [2.45, 2.75) is 83.0 Å². The molecule has 0 spiro atoms. The quantitative estimate of drug-likeness (QED) is 0.745. The third kappa shape index (κ3) is 3.59. The second kappa shape index (κ2) is 7.02. The van der Waals surface area contributed by atoms with Crippen molar-refractivity contribution >= 4 is 0 Å². The largest absolute Gasteiger partial charge is 0.304 e. The van der Waals surface area contributed by atoms with Crippen LogP contribution in [0.3, 0.4) is 0 Å². The summed E-state index contributed by atoms with van der Waals surface area (Å²) in [5.74, 6) is 0.919. The molecule has 2 unspecified atom stereocenters. The summed E-state index contributed by atoms with van der Waals surface area (Å²) in [4.78, 5) is 11.0. The van der Waals surface area contributed by atoms with Gasteiger partial charge in [0, 0.05) is 55.9 Å². The van der Waals surface area contributed by atoms with E-state index in [9.17, 15) is 0 Å². The Morgan fingerprint density at radius 2 is 1.58 bits per heavy atom. The molecule has 4 saturated heterocycles. The minimum atomic E-state index is 0.330. The summed E-state index contributed by atoms with van der Waals surface area (Å²) in [6.07, 6.45) is 6.88. The van der Waals surface area contributed by atoms with Crippen molar-refractivity contribution in [3.63, 3.8) is 0 Å². The van der Waals surface area contributed by atoms with Crippen molar-refractivity contribution in [3.05, 3.63) is 0 Å². The van der Waals surface area contributed by atoms with Crippen molar-refractivity contribution in [2.75, 3.05) is 52.9 Å². The number of rotatable bonds is 5. The van der Waals surface area contributed by atoms with Crippen LogP contribution in [-0.4, -0.2) is 95.6 Å². The Bertz CT molecular complexity index is 502. The topological polar surface area (TPSA) is 13.0 Å². The van der Waals surface area contributed by atoms with Crippen molar-refractivity contribution in [1.82, 2.24) is 19.6 Å². The van der Waals surface area contributed by atoms with Gasteiger partial charge in [-0.25, -0.2) is 0 Å². The summed E-state index contributed by atoms with van der Waals surface area (Å²) in [5, 5.41) is 0. The maximum Gasteiger partial charge on any atom is 0.0269 e. The number of fused-ring (bicyclic) bond motifs is 2. The van der Waals surface area contributed by atoms with E-state index < -0.39 is 0 Å². The predicted octanol–water partition coefficient (Wildman–Crippen LogP) is 2.74. The summed E-state index contributed by atoms with van der Waals surface area (Å²) in [6, 6.07) is 1.64. The van der Waals surface area contributed by atoms with Gasteiger partial charge in [-0.05, 0) is 85.9 Å². The Hall–Kier alpha value is -0.160. The molecule has 4 aliphatic rings. The van der Waals surface area contributed by atoms with Crippen LogP contribution in [0.5, 0.6) is 0 Å². The van der Waals surface area contributed by atoms with E-state index in [0.717, 1.165) is 18.0 Å². The first-order valence-electron chi connectivity index (χ1n) is 11.2. The zero-order valence-corrected chi connectivity index (χ0v) is 18.0. The second-order valence-electron chi connectivity index (χ2n) is 10.9. The fraction of sp³-hybridized carbons (Fsp3) is 1.00. The minimum Gasteiger partial charge on any atom is -0.304 e. The fourth-order valence-corrected chi connectivity index (χ4v) is 6.38. The Balaban J connectivity index is 1.34. The van der Waals surface area contributed by atoms with Crippen molar-refractivity contribution in [2.24, 2.45) is 5.92 Å². The van der Waals surface area contributed by atoms with Gasteiger partial charge in [0.15, 0.2) is 0 Å². The normalized spacial score (nSPS) is 35.2. The van der Waals surface area contributed by atoms with E-state index in [1.165, 1.54) is 77.9 Å². The molecule has 0 bridgehead atoms. The van der Waals surface area contributed by atoms with Gasteiger partial charge in [0.1, 0.15) is 0 Å². The maximum atomic E-state index is 2.87. The molecular weight excluding hydrogens is 320 g/mol. The second-order valence-corrected chi connectivity index (χ2v) is 10.9. The molecule has 4 heteroatoms. The first kappa shape index (κ1) is 19.2. The van der Waals surface area contributed by atoms with Crippen LogP contribution in [0.1, 0.15) is 59.8 Å². The molecule has 3 atom stereocenters. The highest BCUT2D eigenvalue weighted by molar-refractivity contribution is 5.02. The van der Waals surface area contributed by atoms with Gasteiger partial charge < -0.3 is 4.90 Å². The highest BCUT2D eigenvalue weighted by Crippen LogP contribution is 2.39. The van der Waals surface area contributed by atoms with Crippen LogP contribution in [0.4, 0.5) is 0 Å². The first-order valence-corrected chi connectivity index (χ1v) is 11.2. The molecule has 0 aromatic heterocycles. The molecule has 150 valence electrons. The standard InChI is InChI=1S/C22H42N4/c1-21(2,25-14-13-24-11-6-7-19(24)16-25)9-10-22(3,4)26-12-8-18-15-23(5)17-20(18)26/h18-20H,6-17H2,1-5H3/t18?,19-,20?/m0/s1. The lowest BCUT2D eigenvalue weighted by Crippen LogP contribution is -2.58. The van der Waals surface area contributed by atoms with E-state index >= 15 is 0 Å². The molecule has 0 saturated carbocycles. The van der Waals surface area contributed by atoms with E-state index in [1.807, 2.05) is 0 Å². The monoisotopic (exact) mass is 362 g/mol. The van der Waals surface area contributed by atoms with Gasteiger partial charge in [0.25, 0.3) is 0 Å². The van der Waals surface area contributed by atoms with Crippen LogP contribution in [0.25, 0.3) is 0 Å². The van der Waals surface area contributed by atoms with Crippen LogP contribution in [0, 0.1) is 5.92 Å². The van der Waals surface area contributed by atoms with Crippen LogP contribution >= 0.6 is 0 Å². The zero-order valence-electron chi connectivity index (χ0n) is 18.0. The molecular formula is C22H42N4. The van der Waals surface area contributed by atoms with Gasteiger partial charge >= 0.3 is 0 Å². The average Bonchev–Trinajstić information content (AvgIpc) is 3.27. The average molecular weight is 363 g/mol. The van der Waals surface area contributed by atoms with Gasteiger partial charge in [-0.2, -0.15) is 0 Å². The molecule has 0 aromatic carbocycles. The van der Waals surface area contributed by atoms with Crippen LogP contribution in [0.2, 0.25) is 0 Å². The number of likely N-dealkylation sites (N-methyl/N-ethyl adjacent to an activating group) is 1. The van der Waals surface area contributed by atoms with E-state index in [2.05, 4.69) is 54.3 Å². The zero-order chi connectivity index (χ0) is 18.5. The van der Waals surface area contributed by atoms with Gasteiger partial charge in [-0.1, -0.05) is 0 Å². The van der Waals surface area contributed by atoms with Crippen molar-refractivity contribution in [1.29, 1.82) is 0 Å². The highest BCUT2D eigenvalue weighted by Gasteiger charge is 2.46. The fourth-order valence-electron chi connectivity index (χ4n) is 6.38. The third-order valence-electron chi connectivity index (χ3n) is 8.30. The minimum absolute atomic E-state index is 0.330. The molecule has 26 heavy (non-hydrogen) atoms. The molecule has 0 radical (unpaired) electrons. The number of hydrogen-bond acceptors (Lipinski definition) is 4. The van der Waals surface area contributed by atoms with Gasteiger partial charge in [-0.15, -0.1) is 0 Å². The van der Waals surface area contributed by atoms with Crippen molar-refractivity contribution < 1.29 is 0 Å². The molecule has 0 aliphatic carbocycles. The summed E-state index contributed by atoms with van der Waals surface area (Å²) < 4.78 is 0. The number of nitrogens with zero attached hydrogens (tertiary/aromatic N) is 4. The smallest absolute Gasteiger partial charge is 0.0269 e. The number of hydrogen-bond donors (Lipinski definition) is 0. The summed E-state index contributed by atoms with van der Waals surface area (Å²) >= 11 is 0. The molecule has 4 aliphatic heterocycles. The van der Waals surface area contributed by atoms with Gasteiger partial charge in [0.05, 0.1) is 0 Å². The highest BCUT2D eigenvalue weighted by atomic mass is 15.3. The molecule has 4 nitrogen and oxygen atoms in total. The van der Waals surface area contributed by atoms with Gasteiger partial charge in [0.2, 0.25) is 0 Å². The van der Waals surface area contributed by atoms with E-state index in [1.54, 1.807) is 0 Å². The molecule has 4 rings (SSSR count). The Morgan fingerprint density at radius 3 is 2.38 bits per heavy atom. The van der Waals surface area contributed by atoms with Crippen molar-refractivity contribution in [3.8, 4) is 0 Å². The summed E-state index contributed by atoms with van der Waals surface area (Å²) in [5.41, 5.74) is 0.661. The molecule has 0 N–H and O–H groups in total.